The summed E-state index contributed by atoms with van der Waals surface area (Å²) in [7, 11) is 0. The molecule has 0 saturated heterocycles. The summed E-state index contributed by atoms with van der Waals surface area (Å²) in [5, 5.41) is 6.24. The Morgan fingerprint density at radius 1 is 1.08 bits per heavy atom. The van der Waals surface area contributed by atoms with E-state index in [4.69, 9.17) is 0 Å². The van der Waals surface area contributed by atoms with E-state index in [0.717, 1.165) is 30.8 Å². The van der Waals surface area contributed by atoms with E-state index in [1.807, 2.05) is 36.9 Å². The molecule has 0 saturated carbocycles. The lowest BCUT2D eigenvalue weighted by molar-refractivity contribution is -0.117. The zero-order valence-corrected chi connectivity index (χ0v) is 15.2. The van der Waals surface area contributed by atoms with E-state index in [-0.39, 0.29) is 11.9 Å². The molecule has 2 aromatic carbocycles. The van der Waals surface area contributed by atoms with Crippen molar-refractivity contribution in [2.45, 2.75) is 37.6 Å². The Morgan fingerprint density at radius 3 is 2.46 bits per heavy atom. The van der Waals surface area contributed by atoms with Gasteiger partial charge in [-0.05, 0) is 61.9 Å². The standard InChI is InChI=1S/C20H26N2OS/c1-3-17-10-12-18(13-11-17)22-20(23)16(2)21-14-7-15-24-19-8-5-4-6-9-19/h4-6,8-13,16,21H,3,7,14-15H2,1-2H3,(H,22,23)/t16-/m1/s1. The van der Waals surface area contributed by atoms with Gasteiger partial charge in [-0.1, -0.05) is 37.3 Å². The van der Waals surface area contributed by atoms with Crippen molar-refractivity contribution in [2.75, 3.05) is 17.6 Å². The van der Waals surface area contributed by atoms with Crippen LogP contribution in [0.2, 0.25) is 0 Å². The Hall–Kier alpha value is -1.78. The molecule has 24 heavy (non-hydrogen) atoms. The second kappa shape index (κ2) is 10.2. The maximum absolute atomic E-state index is 12.2. The normalized spacial score (nSPS) is 11.9. The molecule has 0 aliphatic heterocycles. The molecule has 0 radical (unpaired) electrons. The summed E-state index contributed by atoms with van der Waals surface area (Å²) < 4.78 is 0. The lowest BCUT2D eigenvalue weighted by atomic mass is 10.1. The van der Waals surface area contributed by atoms with Crippen molar-refractivity contribution in [1.82, 2.24) is 5.32 Å². The summed E-state index contributed by atoms with van der Waals surface area (Å²) in [6, 6.07) is 18.2. The molecule has 1 amide bonds. The summed E-state index contributed by atoms with van der Waals surface area (Å²) in [6.45, 7) is 4.86. The summed E-state index contributed by atoms with van der Waals surface area (Å²) in [6.07, 6.45) is 2.04. The number of amides is 1. The van der Waals surface area contributed by atoms with Crippen LogP contribution < -0.4 is 10.6 Å². The van der Waals surface area contributed by atoms with Crippen LogP contribution in [0.4, 0.5) is 5.69 Å². The van der Waals surface area contributed by atoms with Gasteiger partial charge in [0.05, 0.1) is 6.04 Å². The minimum atomic E-state index is -0.197. The number of nitrogens with one attached hydrogen (secondary N) is 2. The van der Waals surface area contributed by atoms with E-state index >= 15 is 0 Å². The molecule has 3 nitrogen and oxygen atoms in total. The molecule has 2 rings (SSSR count). The van der Waals surface area contributed by atoms with Gasteiger partial charge in [-0.25, -0.2) is 0 Å². The fourth-order valence-electron chi connectivity index (χ4n) is 2.26. The fraction of sp³-hybridized carbons (Fsp3) is 0.350. The van der Waals surface area contributed by atoms with E-state index in [2.05, 4.69) is 54.0 Å². The van der Waals surface area contributed by atoms with Crippen molar-refractivity contribution in [1.29, 1.82) is 0 Å². The highest BCUT2D eigenvalue weighted by atomic mass is 32.2. The first kappa shape index (κ1) is 18.6. The van der Waals surface area contributed by atoms with Crippen LogP contribution in [0.3, 0.4) is 0 Å². The molecule has 0 unspecified atom stereocenters. The Balaban J connectivity index is 1.64. The predicted molar refractivity (Wildman–Crippen MR) is 104 cm³/mol. The smallest absolute Gasteiger partial charge is 0.241 e. The molecule has 0 aromatic heterocycles. The lowest BCUT2D eigenvalue weighted by Gasteiger charge is -2.14. The molecule has 0 fully saturated rings. The van der Waals surface area contributed by atoms with Gasteiger partial charge >= 0.3 is 0 Å². The average molecular weight is 343 g/mol. The summed E-state index contributed by atoms with van der Waals surface area (Å²) in [4.78, 5) is 13.5. The minimum Gasteiger partial charge on any atom is -0.325 e. The quantitative estimate of drug-likeness (QED) is 0.526. The van der Waals surface area contributed by atoms with E-state index in [9.17, 15) is 4.79 Å². The molecule has 2 aromatic rings. The average Bonchev–Trinajstić information content (AvgIpc) is 2.62. The first-order valence-electron chi connectivity index (χ1n) is 8.50. The van der Waals surface area contributed by atoms with Crippen LogP contribution in [0, 0.1) is 0 Å². The number of rotatable bonds is 9. The van der Waals surface area contributed by atoms with E-state index in [1.165, 1.54) is 10.5 Å². The SMILES string of the molecule is CCc1ccc(NC(=O)[C@@H](C)NCCCSc2ccccc2)cc1. The van der Waals surface area contributed by atoms with Crippen LogP contribution in [-0.4, -0.2) is 24.2 Å². The van der Waals surface area contributed by atoms with Crippen LogP contribution in [0.15, 0.2) is 59.5 Å². The molecule has 128 valence electrons. The van der Waals surface area contributed by atoms with Crippen LogP contribution in [0.5, 0.6) is 0 Å². The molecule has 2 N–H and O–H groups in total. The highest BCUT2D eigenvalue weighted by molar-refractivity contribution is 7.99. The van der Waals surface area contributed by atoms with Crippen molar-refractivity contribution in [3.8, 4) is 0 Å². The third-order valence-electron chi connectivity index (χ3n) is 3.81. The maximum Gasteiger partial charge on any atom is 0.241 e. The summed E-state index contributed by atoms with van der Waals surface area (Å²) in [5.41, 5.74) is 2.13. The Labute approximate surface area is 149 Å². The second-order valence-corrected chi connectivity index (χ2v) is 6.90. The molecular formula is C20H26N2OS. The Morgan fingerprint density at radius 2 is 1.79 bits per heavy atom. The predicted octanol–water partition coefficient (Wildman–Crippen LogP) is 4.35. The van der Waals surface area contributed by atoms with Gasteiger partial charge in [0.1, 0.15) is 0 Å². The van der Waals surface area contributed by atoms with E-state index in [0.29, 0.717) is 0 Å². The third-order valence-corrected chi connectivity index (χ3v) is 4.90. The molecule has 0 aliphatic carbocycles. The lowest BCUT2D eigenvalue weighted by Crippen LogP contribution is -2.38. The van der Waals surface area contributed by atoms with Gasteiger partial charge in [0.15, 0.2) is 0 Å². The van der Waals surface area contributed by atoms with Gasteiger partial charge in [0.2, 0.25) is 5.91 Å². The minimum absolute atomic E-state index is 0.00922. The van der Waals surface area contributed by atoms with Gasteiger partial charge in [0, 0.05) is 10.6 Å². The van der Waals surface area contributed by atoms with Crippen molar-refractivity contribution in [3.05, 3.63) is 60.2 Å². The number of benzene rings is 2. The number of thioether (sulfide) groups is 1. The maximum atomic E-state index is 12.2. The second-order valence-electron chi connectivity index (χ2n) is 5.73. The number of carbonyl (C=O) groups excluding carboxylic acids is 1. The van der Waals surface area contributed by atoms with Crippen LogP contribution in [0.1, 0.15) is 25.8 Å². The first-order chi connectivity index (χ1) is 11.7. The summed E-state index contributed by atoms with van der Waals surface area (Å²) in [5.74, 6) is 1.05. The van der Waals surface area contributed by atoms with Gasteiger partial charge in [-0.3, -0.25) is 4.79 Å². The first-order valence-corrected chi connectivity index (χ1v) is 9.48. The van der Waals surface area contributed by atoms with E-state index in [1.54, 1.807) is 0 Å². The summed E-state index contributed by atoms with van der Waals surface area (Å²) >= 11 is 1.85. The van der Waals surface area contributed by atoms with Crippen molar-refractivity contribution in [3.63, 3.8) is 0 Å². The van der Waals surface area contributed by atoms with Crippen molar-refractivity contribution >= 4 is 23.4 Å². The van der Waals surface area contributed by atoms with E-state index < -0.39 is 0 Å². The fourth-order valence-corrected chi connectivity index (χ4v) is 3.14. The largest absolute Gasteiger partial charge is 0.325 e. The molecular weight excluding hydrogens is 316 g/mol. The number of anilines is 1. The third kappa shape index (κ3) is 6.38. The topological polar surface area (TPSA) is 41.1 Å². The Bertz CT molecular complexity index is 613. The number of hydrogen-bond donors (Lipinski definition) is 2. The van der Waals surface area contributed by atoms with Gasteiger partial charge in [-0.2, -0.15) is 0 Å². The Kier molecular flexibility index (Phi) is 7.86. The number of aryl methyl sites for hydroxylation is 1. The molecule has 0 bridgehead atoms. The van der Waals surface area contributed by atoms with Gasteiger partial charge < -0.3 is 10.6 Å². The number of hydrogen-bond acceptors (Lipinski definition) is 3. The van der Waals surface area contributed by atoms with Gasteiger partial charge in [0.25, 0.3) is 0 Å². The van der Waals surface area contributed by atoms with Crippen molar-refractivity contribution < 1.29 is 4.79 Å². The molecule has 0 spiro atoms. The van der Waals surface area contributed by atoms with Gasteiger partial charge in [-0.15, -0.1) is 11.8 Å². The monoisotopic (exact) mass is 342 g/mol. The van der Waals surface area contributed by atoms with Crippen LogP contribution in [0.25, 0.3) is 0 Å². The number of carbonyl (C=O) groups is 1. The van der Waals surface area contributed by atoms with Crippen LogP contribution in [-0.2, 0) is 11.2 Å². The molecule has 1 atom stereocenters. The molecule has 0 heterocycles. The van der Waals surface area contributed by atoms with Crippen LogP contribution >= 0.6 is 11.8 Å². The zero-order valence-electron chi connectivity index (χ0n) is 14.4. The zero-order chi connectivity index (χ0) is 17.2. The molecule has 4 heteroatoms. The highest BCUT2D eigenvalue weighted by Gasteiger charge is 2.11. The highest BCUT2D eigenvalue weighted by Crippen LogP contribution is 2.17. The van der Waals surface area contributed by atoms with Crippen molar-refractivity contribution in [2.24, 2.45) is 0 Å². The molecule has 0 aliphatic rings.